The van der Waals surface area contributed by atoms with Crippen molar-refractivity contribution in [2.45, 2.75) is 6.92 Å². The lowest BCUT2D eigenvalue weighted by Crippen LogP contribution is -2.20. The Bertz CT molecular complexity index is 1160. The third-order valence-corrected chi connectivity index (χ3v) is 4.82. The average Bonchev–Trinajstić information content (AvgIpc) is 2.81. The molecule has 170 valence electrons. The number of anilines is 2. The van der Waals surface area contributed by atoms with E-state index in [1.807, 2.05) is 25.1 Å². The monoisotopic (exact) mass is 513 g/mol. The highest BCUT2D eigenvalue weighted by Crippen LogP contribution is 2.33. The first-order valence-corrected chi connectivity index (χ1v) is 10.6. The summed E-state index contributed by atoms with van der Waals surface area (Å²) in [6.07, 6.45) is 2.88. The molecule has 0 bridgehead atoms. The van der Waals surface area contributed by atoms with E-state index >= 15 is 0 Å². The van der Waals surface area contributed by atoms with Crippen molar-refractivity contribution < 1.29 is 19.2 Å². The summed E-state index contributed by atoms with van der Waals surface area (Å²) in [5, 5.41) is 17.9. The molecule has 0 aliphatic heterocycles. The molecule has 3 rings (SSSR count). The van der Waals surface area contributed by atoms with Crippen LogP contribution in [-0.4, -0.2) is 35.2 Å². The summed E-state index contributed by atoms with van der Waals surface area (Å²) in [5.74, 6) is 0.492. The smallest absolute Gasteiger partial charge is 0.313 e. The third kappa shape index (κ3) is 6.74. The van der Waals surface area contributed by atoms with E-state index in [0.717, 1.165) is 0 Å². The van der Waals surface area contributed by atoms with Crippen molar-refractivity contribution in [3.63, 3.8) is 0 Å². The molecule has 0 unspecified atom stereocenters. The summed E-state index contributed by atoms with van der Waals surface area (Å²) in [7, 11) is 0. The highest BCUT2D eigenvalue weighted by atomic mass is 79.9. The van der Waals surface area contributed by atoms with Crippen LogP contribution >= 0.6 is 15.9 Å². The van der Waals surface area contributed by atoms with Gasteiger partial charge in [0, 0.05) is 28.0 Å². The molecule has 1 amide bonds. The van der Waals surface area contributed by atoms with Gasteiger partial charge >= 0.3 is 5.69 Å². The highest BCUT2D eigenvalue weighted by molar-refractivity contribution is 9.10. The quantitative estimate of drug-likeness (QED) is 0.230. The van der Waals surface area contributed by atoms with Gasteiger partial charge in [-0.15, -0.1) is 0 Å². The molecule has 0 spiro atoms. The van der Waals surface area contributed by atoms with E-state index in [2.05, 4.69) is 36.8 Å². The fraction of sp³-hybridized carbons (Fsp3) is 0.136. The number of carbonyl (C=O) groups excluding carboxylic acids is 1. The number of hydrogen-bond acceptors (Lipinski definition) is 8. The van der Waals surface area contributed by atoms with Crippen LogP contribution in [0.4, 0.5) is 17.2 Å². The summed E-state index contributed by atoms with van der Waals surface area (Å²) in [4.78, 5) is 26.6. The zero-order valence-corrected chi connectivity index (χ0v) is 19.1. The van der Waals surface area contributed by atoms with Crippen LogP contribution in [0.15, 0.2) is 70.4 Å². The first-order valence-electron chi connectivity index (χ1n) is 9.80. The Balaban J connectivity index is 1.70. The van der Waals surface area contributed by atoms with Crippen LogP contribution in [0, 0.1) is 10.1 Å². The molecule has 1 aromatic heterocycles. The summed E-state index contributed by atoms with van der Waals surface area (Å²) in [5.41, 5.74) is 3.66. The SMILES string of the molecule is CCOc1cc(/C=N\Nc2ncccc2[N+](=O)[O-])c(Br)cc1OCC(=O)Nc1ccccc1. The number of amides is 1. The first-order chi connectivity index (χ1) is 16.0. The molecule has 0 fully saturated rings. The molecule has 0 saturated heterocycles. The molecular formula is C22H20BrN5O5. The van der Waals surface area contributed by atoms with E-state index in [1.54, 1.807) is 24.3 Å². The summed E-state index contributed by atoms with van der Waals surface area (Å²) in [6.45, 7) is 1.99. The summed E-state index contributed by atoms with van der Waals surface area (Å²) in [6, 6.07) is 15.2. The van der Waals surface area contributed by atoms with Gasteiger partial charge in [0.15, 0.2) is 18.1 Å². The number of benzene rings is 2. The second-order valence-electron chi connectivity index (χ2n) is 6.45. The fourth-order valence-electron chi connectivity index (χ4n) is 2.69. The minimum atomic E-state index is -0.548. The van der Waals surface area contributed by atoms with Crippen molar-refractivity contribution in [2.24, 2.45) is 5.10 Å². The Hall–Kier alpha value is -3.99. The zero-order chi connectivity index (χ0) is 23.6. The van der Waals surface area contributed by atoms with Gasteiger partial charge in [-0.25, -0.2) is 4.98 Å². The standard InChI is InChI=1S/C22H20BrN5O5/c1-2-32-19-11-15(13-25-27-22-18(28(30)31)9-6-10-24-22)17(23)12-20(19)33-14-21(29)26-16-7-4-3-5-8-16/h3-13H,2,14H2,1H3,(H,24,27)(H,26,29)/b25-13-. The van der Waals surface area contributed by atoms with Gasteiger partial charge in [-0.1, -0.05) is 18.2 Å². The maximum absolute atomic E-state index is 12.2. The highest BCUT2D eigenvalue weighted by Gasteiger charge is 2.14. The minimum absolute atomic E-state index is 0.0179. The average molecular weight is 514 g/mol. The van der Waals surface area contributed by atoms with E-state index in [0.29, 0.717) is 33.8 Å². The number of hydrogen-bond donors (Lipinski definition) is 2. The van der Waals surface area contributed by atoms with Crippen LogP contribution in [0.3, 0.4) is 0 Å². The summed E-state index contributed by atoms with van der Waals surface area (Å²) < 4.78 is 11.9. The van der Waals surface area contributed by atoms with Gasteiger partial charge < -0.3 is 14.8 Å². The molecule has 11 heteroatoms. The first kappa shape index (κ1) is 23.7. The van der Waals surface area contributed by atoms with Gasteiger partial charge in [0.1, 0.15) is 0 Å². The molecule has 0 atom stereocenters. The largest absolute Gasteiger partial charge is 0.490 e. The molecule has 3 aromatic rings. The molecule has 10 nitrogen and oxygen atoms in total. The second kappa shape index (κ2) is 11.6. The van der Waals surface area contributed by atoms with E-state index in [9.17, 15) is 14.9 Å². The maximum Gasteiger partial charge on any atom is 0.313 e. The molecule has 0 aliphatic rings. The molecular weight excluding hydrogens is 494 g/mol. The number of nitro groups is 1. The molecule has 2 N–H and O–H groups in total. The van der Waals surface area contributed by atoms with Gasteiger partial charge in [0.2, 0.25) is 5.82 Å². The van der Waals surface area contributed by atoms with Crippen LogP contribution in [0.2, 0.25) is 0 Å². The number of ether oxygens (including phenoxy) is 2. The number of aromatic nitrogens is 1. The Kier molecular flexibility index (Phi) is 8.30. The van der Waals surface area contributed by atoms with Gasteiger partial charge in [0.25, 0.3) is 5.91 Å². The lowest BCUT2D eigenvalue weighted by molar-refractivity contribution is -0.384. The van der Waals surface area contributed by atoms with Crippen molar-refractivity contribution in [3.8, 4) is 11.5 Å². The number of rotatable bonds is 10. The Morgan fingerprint density at radius 1 is 1.18 bits per heavy atom. The number of hydrazone groups is 1. The number of pyridine rings is 1. The fourth-order valence-corrected chi connectivity index (χ4v) is 3.11. The van der Waals surface area contributed by atoms with E-state index in [1.165, 1.54) is 24.5 Å². The van der Waals surface area contributed by atoms with Crippen molar-refractivity contribution in [3.05, 3.63) is 80.9 Å². The normalized spacial score (nSPS) is 10.6. The number of para-hydroxylation sites is 1. The van der Waals surface area contributed by atoms with Crippen LogP contribution in [0.25, 0.3) is 0 Å². The van der Waals surface area contributed by atoms with Gasteiger partial charge in [0.05, 0.1) is 17.7 Å². The predicted molar refractivity (Wildman–Crippen MR) is 128 cm³/mol. The third-order valence-electron chi connectivity index (χ3n) is 4.14. The van der Waals surface area contributed by atoms with Crippen LogP contribution < -0.4 is 20.2 Å². The minimum Gasteiger partial charge on any atom is -0.490 e. The Morgan fingerprint density at radius 3 is 2.67 bits per heavy atom. The van der Waals surface area contributed by atoms with Crippen molar-refractivity contribution >= 4 is 45.2 Å². The second-order valence-corrected chi connectivity index (χ2v) is 7.31. The molecule has 0 radical (unpaired) electrons. The topological polar surface area (TPSA) is 128 Å². The van der Waals surface area contributed by atoms with Crippen LogP contribution in [0.1, 0.15) is 12.5 Å². The van der Waals surface area contributed by atoms with E-state index < -0.39 is 4.92 Å². The van der Waals surface area contributed by atoms with Crippen LogP contribution in [0.5, 0.6) is 11.5 Å². The molecule has 33 heavy (non-hydrogen) atoms. The molecule has 1 heterocycles. The Labute approximate surface area is 197 Å². The zero-order valence-electron chi connectivity index (χ0n) is 17.5. The van der Waals surface area contributed by atoms with E-state index in [-0.39, 0.29) is 24.0 Å². The van der Waals surface area contributed by atoms with Gasteiger partial charge in [-0.05, 0) is 53.2 Å². The molecule has 0 saturated carbocycles. The number of halogens is 1. The Morgan fingerprint density at radius 2 is 1.94 bits per heavy atom. The lowest BCUT2D eigenvalue weighted by Gasteiger charge is -2.14. The van der Waals surface area contributed by atoms with Crippen molar-refractivity contribution in [1.82, 2.24) is 4.98 Å². The number of nitrogens with one attached hydrogen (secondary N) is 2. The van der Waals surface area contributed by atoms with E-state index in [4.69, 9.17) is 9.47 Å². The number of carbonyl (C=O) groups is 1. The summed E-state index contributed by atoms with van der Waals surface area (Å²) >= 11 is 3.44. The molecule has 2 aromatic carbocycles. The predicted octanol–water partition coefficient (Wildman–Crippen LogP) is 4.61. The molecule has 0 aliphatic carbocycles. The maximum atomic E-state index is 12.2. The van der Waals surface area contributed by atoms with Crippen LogP contribution in [-0.2, 0) is 4.79 Å². The van der Waals surface area contributed by atoms with Gasteiger partial charge in [-0.2, -0.15) is 5.10 Å². The van der Waals surface area contributed by atoms with Crippen molar-refractivity contribution in [2.75, 3.05) is 24.0 Å². The lowest BCUT2D eigenvalue weighted by atomic mass is 10.2. The van der Waals surface area contributed by atoms with Crippen molar-refractivity contribution in [1.29, 1.82) is 0 Å². The van der Waals surface area contributed by atoms with Gasteiger partial charge in [-0.3, -0.25) is 20.3 Å². The number of nitrogens with zero attached hydrogens (tertiary/aromatic N) is 3.